The molecule has 6 heteroatoms. The SMILES string of the molecule is CNS(=O)(=O)c1cccc(C(C)N[C@H](C)CO)c1. The monoisotopic (exact) mass is 272 g/mol. The first-order chi connectivity index (χ1) is 8.40. The van der Waals surface area contributed by atoms with Gasteiger partial charge in [0.2, 0.25) is 10.0 Å². The predicted octanol–water partition coefficient (Wildman–Crippen LogP) is 0.626. The van der Waals surface area contributed by atoms with Crippen LogP contribution in [0.4, 0.5) is 0 Å². The summed E-state index contributed by atoms with van der Waals surface area (Å²) in [4.78, 5) is 0.243. The predicted molar refractivity (Wildman–Crippen MR) is 70.8 cm³/mol. The van der Waals surface area contributed by atoms with E-state index in [2.05, 4.69) is 10.0 Å². The van der Waals surface area contributed by atoms with Crippen molar-refractivity contribution in [1.29, 1.82) is 0 Å². The van der Waals surface area contributed by atoms with Gasteiger partial charge in [-0.2, -0.15) is 0 Å². The fourth-order valence-corrected chi connectivity index (χ4v) is 2.43. The molecule has 1 unspecified atom stereocenters. The zero-order valence-corrected chi connectivity index (χ0v) is 11.7. The van der Waals surface area contributed by atoms with Crippen LogP contribution in [0, 0.1) is 0 Å². The molecule has 1 aromatic carbocycles. The van der Waals surface area contributed by atoms with E-state index in [1.54, 1.807) is 18.2 Å². The molecular weight excluding hydrogens is 252 g/mol. The summed E-state index contributed by atoms with van der Waals surface area (Å²) in [5.41, 5.74) is 0.867. The number of aliphatic hydroxyl groups excluding tert-OH is 1. The second-order valence-electron chi connectivity index (χ2n) is 4.25. The lowest BCUT2D eigenvalue weighted by Crippen LogP contribution is -2.31. The minimum atomic E-state index is -3.42. The fraction of sp³-hybridized carbons (Fsp3) is 0.500. The molecule has 0 radical (unpaired) electrons. The Morgan fingerprint density at radius 3 is 2.56 bits per heavy atom. The summed E-state index contributed by atoms with van der Waals surface area (Å²) in [6.07, 6.45) is 0. The molecule has 0 heterocycles. The molecule has 0 spiro atoms. The van der Waals surface area contributed by atoms with Crippen LogP contribution in [0.25, 0.3) is 0 Å². The average Bonchev–Trinajstić information content (AvgIpc) is 2.38. The topological polar surface area (TPSA) is 78.4 Å². The van der Waals surface area contributed by atoms with Gasteiger partial charge in [-0.15, -0.1) is 0 Å². The highest BCUT2D eigenvalue weighted by atomic mass is 32.2. The molecule has 5 nitrogen and oxygen atoms in total. The Morgan fingerprint density at radius 1 is 1.33 bits per heavy atom. The van der Waals surface area contributed by atoms with Crippen molar-refractivity contribution in [3.8, 4) is 0 Å². The van der Waals surface area contributed by atoms with E-state index in [1.165, 1.54) is 7.05 Å². The minimum Gasteiger partial charge on any atom is -0.395 e. The van der Waals surface area contributed by atoms with Crippen molar-refractivity contribution in [3.63, 3.8) is 0 Å². The second kappa shape index (κ2) is 6.29. The van der Waals surface area contributed by atoms with Crippen molar-refractivity contribution >= 4 is 10.0 Å². The van der Waals surface area contributed by atoms with Gasteiger partial charge in [0, 0.05) is 12.1 Å². The van der Waals surface area contributed by atoms with Crippen molar-refractivity contribution in [3.05, 3.63) is 29.8 Å². The normalized spacial score (nSPS) is 15.3. The highest BCUT2D eigenvalue weighted by Gasteiger charge is 2.14. The van der Waals surface area contributed by atoms with Crippen LogP contribution in [0.2, 0.25) is 0 Å². The molecule has 0 amide bonds. The van der Waals surface area contributed by atoms with E-state index in [1.807, 2.05) is 19.9 Å². The summed E-state index contributed by atoms with van der Waals surface area (Å²) in [5.74, 6) is 0. The summed E-state index contributed by atoms with van der Waals surface area (Å²) in [7, 11) is -2.03. The smallest absolute Gasteiger partial charge is 0.240 e. The Hall–Kier alpha value is -0.950. The molecule has 1 aromatic rings. The van der Waals surface area contributed by atoms with E-state index in [0.29, 0.717) is 0 Å². The van der Waals surface area contributed by atoms with Gasteiger partial charge < -0.3 is 10.4 Å². The Kier molecular flexibility index (Phi) is 5.28. The Morgan fingerprint density at radius 2 is 2.00 bits per heavy atom. The summed E-state index contributed by atoms with van der Waals surface area (Å²) < 4.78 is 25.7. The van der Waals surface area contributed by atoms with Gasteiger partial charge in [-0.25, -0.2) is 13.1 Å². The van der Waals surface area contributed by atoms with E-state index in [9.17, 15) is 8.42 Å². The van der Waals surface area contributed by atoms with Crippen molar-refractivity contribution < 1.29 is 13.5 Å². The van der Waals surface area contributed by atoms with Crippen molar-refractivity contribution in [1.82, 2.24) is 10.0 Å². The summed E-state index contributed by atoms with van der Waals surface area (Å²) >= 11 is 0. The number of nitrogens with one attached hydrogen (secondary N) is 2. The average molecular weight is 272 g/mol. The van der Waals surface area contributed by atoms with Gasteiger partial charge in [0.25, 0.3) is 0 Å². The Balaban J connectivity index is 2.95. The molecule has 0 aliphatic rings. The van der Waals surface area contributed by atoms with Crippen LogP contribution >= 0.6 is 0 Å². The van der Waals surface area contributed by atoms with Crippen LogP contribution in [0.15, 0.2) is 29.2 Å². The number of benzene rings is 1. The molecule has 3 N–H and O–H groups in total. The first kappa shape index (κ1) is 15.1. The standard InChI is InChI=1S/C12H20N2O3S/c1-9(8-15)14-10(2)11-5-4-6-12(7-11)18(16,17)13-3/h4-7,9-10,13-15H,8H2,1-3H3/t9-,10?/m1/s1. The number of hydrogen-bond donors (Lipinski definition) is 3. The van der Waals surface area contributed by atoms with Gasteiger partial charge in [-0.1, -0.05) is 12.1 Å². The number of rotatable bonds is 6. The first-order valence-corrected chi connectivity index (χ1v) is 7.29. The van der Waals surface area contributed by atoms with E-state index >= 15 is 0 Å². The van der Waals surface area contributed by atoms with Crippen LogP contribution in [0.5, 0.6) is 0 Å². The van der Waals surface area contributed by atoms with Gasteiger partial charge >= 0.3 is 0 Å². The lowest BCUT2D eigenvalue weighted by Gasteiger charge is -2.19. The van der Waals surface area contributed by atoms with Crippen LogP contribution in [-0.4, -0.2) is 33.2 Å². The van der Waals surface area contributed by atoms with E-state index in [-0.39, 0.29) is 23.6 Å². The second-order valence-corrected chi connectivity index (χ2v) is 6.14. The maximum Gasteiger partial charge on any atom is 0.240 e. The molecule has 0 fully saturated rings. The molecule has 0 aliphatic carbocycles. The molecule has 102 valence electrons. The number of aliphatic hydroxyl groups is 1. The zero-order chi connectivity index (χ0) is 13.8. The number of sulfonamides is 1. The molecule has 2 atom stereocenters. The third-order valence-electron chi connectivity index (χ3n) is 2.75. The summed E-state index contributed by atoms with van der Waals surface area (Å²) in [6.45, 7) is 3.83. The molecule has 18 heavy (non-hydrogen) atoms. The quantitative estimate of drug-likeness (QED) is 0.709. The lowest BCUT2D eigenvalue weighted by atomic mass is 10.1. The zero-order valence-electron chi connectivity index (χ0n) is 10.8. The first-order valence-electron chi connectivity index (χ1n) is 5.81. The molecule has 0 aromatic heterocycles. The molecule has 0 saturated heterocycles. The van der Waals surface area contributed by atoms with Crippen LogP contribution in [-0.2, 0) is 10.0 Å². The van der Waals surface area contributed by atoms with Crippen molar-refractivity contribution in [2.24, 2.45) is 0 Å². The third kappa shape index (κ3) is 3.78. The van der Waals surface area contributed by atoms with Gasteiger partial charge in [0.1, 0.15) is 0 Å². The van der Waals surface area contributed by atoms with Gasteiger partial charge in [-0.3, -0.25) is 0 Å². The largest absolute Gasteiger partial charge is 0.395 e. The lowest BCUT2D eigenvalue weighted by molar-refractivity contribution is 0.243. The summed E-state index contributed by atoms with van der Waals surface area (Å²) in [6, 6.07) is 6.69. The highest BCUT2D eigenvalue weighted by Crippen LogP contribution is 2.17. The Bertz CT molecular complexity index is 488. The highest BCUT2D eigenvalue weighted by molar-refractivity contribution is 7.89. The number of hydrogen-bond acceptors (Lipinski definition) is 4. The van der Waals surface area contributed by atoms with Crippen LogP contribution in [0.1, 0.15) is 25.5 Å². The van der Waals surface area contributed by atoms with Gasteiger partial charge in [0.15, 0.2) is 0 Å². The third-order valence-corrected chi connectivity index (χ3v) is 4.16. The van der Waals surface area contributed by atoms with E-state index in [4.69, 9.17) is 5.11 Å². The maximum absolute atomic E-state index is 11.7. The molecule has 0 saturated carbocycles. The molecule has 1 rings (SSSR count). The van der Waals surface area contributed by atoms with Gasteiger partial charge in [-0.05, 0) is 38.6 Å². The minimum absolute atomic E-state index is 0.0286. The molecular formula is C12H20N2O3S. The van der Waals surface area contributed by atoms with Gasteiger partial charge in [0.05, 0.1) is 11.5 Å². The van der Waals surface area contributed by atoms with Crippen molar-refractivity contribution in [2.45, 2.75) is 30.8 Å². The molecule has 0 aliphatic heterocycles. The van der Waals surface area contributed by atoms with E-state index in [0.717, 1.165) is 5.56 Å². The maximum atomic E-state index is 11.7. The summed E-state index contributed by atoms with van der Waals surface area (Å²) in [5, 5.41) is 12.2. The van der Waals surface area contributed by atoms with Crippen LogP contribution < -0.4 is 10.0 Å². The van der Waals surface area contributed by atoms with Crippen molar-refractivity contribution in [2.75, 3.05) is 13.7 Å². The molecule has 0 bridgehead atoms. The van der Waals surface area contributed by atoms with Crippen LogP contribution in [0.3, 0.4) is 0 Å². The van der Waals surface area contributed by atoms with E-state index < -0.39 is 10.0 Å². The fourth-order valence-electron chi connectivity index (χ4n) is 1.64. The Labute approximate surface area is 108 Å².